The Balaban J connectivity index is 1.65. The van der Waals surface area contributed by atoms with Crippen LogP contribution in [0, 0.1) is 6.92 Å². The number of nitrogens with one attached hydrogen (secondary N) is 2. The highest BCUT2D eigenvalue weighted by Gasteiger charge is 1.99. The molecule has 5 heteroatoms. The van der Waals surface area contributed by atoms with Crippen LogP contribution in [0.5, 0.6) is 0 Å². The standard InChI is InChI=1S/C15H17N5/c1-12-16-9-15(19-12)10-17-14-5-2-4-13(8-14)11-20-7-3-6-18-20/h2-9,17H,10-11H2,1H3,(H,16,19). The largest absolute Gasteiger partial charge is 0.379 e. The van der Waals surface area contributed by atoms with Gasteiger partial charge in [-0.25, -0.2) is 4.98 Å². The Morgan fingerprint density at radius 2 is 2.25 bits per heavy atom. The molecule has 2 heterocycles. The number of H-pyrrole nitrogens is 1. The number of hydrogen-bond donors (Lipinski definition) is 2. The fourth-order valence-corrected chi connectivity index (χ4v) is 2.12. The zero-order chi connectivity index (χ0) is 13.8. The van der Waals surface area contributed by atoms with Crippen LogP contribution in [0.4, 0.5) is 5.69 Å². The lowest BCUT2D eigenvalue weighted by molar-refractivity contribution is 0.687. The van der Waals surface area contributed by atoms with Crippen molar-refractivity contribution in [3.8, 4) is 0 Å². The highest BCUT2D eigenvalue weighted by Crippen LogP contribution is 2.12. The molecule has 0 saturated heterocycles. The SMILES string of the molecule is Cc1ncc(CNc2cccc(Cn3cccn3)c2)[nH]1. The minimum Gasteiger partial charge on any atom is -0.379 e. The predicted octanol–water partition coefficient (Wildman–Crippen LogP) is 2.58. The lowest BCUT2D eigenvalue weighted by Crippen LogP contribution is -2.03. The molecule has 0 spiro atoms. The normalized spacial score (nSPS) is 10.7. The summed E-state index contributed by atoms with van der Waals surface area (Å²) in [7, 11) is 0. The minimum atomic E-state index is 0.742. The first kappa shape index (κ1) is 12.5. The maximum Gasteiger partial charge on any atom is 0.103 e. The molecular weight excluding hydrogens is 250 g/mol. The van der Waals surface area contributed by atoms with E-state index in [1.807, 2.05) is 30.1 Å². The van der Waals surface area contributed by atoms with Gasteiger partial charge in [0.25, 0.3) is 0 Å². The van der Waals surface area contributed by atoms with E-state index in [1.54, 1.807) is 6.20 Å². The Bertz CT molecular complexity index is 669. The van der Waals surface area contributed by atoms with Crippen molar-refractivity contribution in [3.63, 3.8) is 0 Å². The second-order valence-corrected chi connectivity index (χ2v) is 4.75. The lowest BCUT2D eigenvalue weighted by Gasteiger charge is -2.08. The van der Waals surface area contributed by atoms with Crippen LogP contribution in [0.3, 0.4) is 0 Å². The number of aromatic amines is 1. The second kappa shape index (κ2) is 5.61. The molecular formula is C15H17N5. The molecule has 3 rings (SSSR count). The van der Waals surface area contributed by atoms with Gasteiger partial charge in [-0.3, -0.25) is 4.68 Å². The summed E-state index contributed by atoms with van der Waals surface area (Å²) in [5.41, 5.74) is 3.40. The van der Waals surface area contributed by atoms with Crippen LogP contribution < -0.4 is 5.32 Å². The summed E-state index contributed by atoms with van der Waals surface area (Å²) in [5.74, 6) is 0.939. The highest BCUT2D eigenvalue weighted by molar-refractivity contribution is 5.46. The van der Waals surface area contributed by atoms with Crippen molar-refractivity contribution < 1.29 is 0 Å². The number of aryl methyl sites for hydroxylation is 1. The average molecular weight is 267 g/mol. The van der Waals surface area contributed by atoms with Gasteiger partial charge in [0.1, 0.15) is 5.82 Å². The minimum absolute atomic E-state index is 0.742. The van der Waals surface area contributed by atoms with Crippen LogP contribution >= 0.6 is 0 Å². The van der Waals surface area contributed by atoms with Crippen molar-refractivity contribution in [2.24, 2.45) is 0 Å². The van der Waals surface area contributed by atoms with Crippen LogP contribution in [0.25, 0.3) is 0 Å². The van der Waals surface area contributed by atoms with Crippen LogP contribution in [0.1, 0.15) is 17.1 Å². The smallest absolute Gasteiger partial charge is 0.103 e. The first-order valence-corrected chi connectivity index (χ1v) is 6.60. The first-order valence-electron chi connectivity index (χ1n) is 6.60. The molecule has 0 unspecified atom stereocenters. The molecule has 0 radical (unpaired) electrons. The second-order valence-electron chi connectivity index (χ2n) is 4.75. The fourth-order valence-electron chi connectivity index (χ4n) is 2.12. The maximum absolute atomic E-state index is 4.22. The van der Waals surface area contributed by atoms with E-state index in [2.05, 4.69) is 44.6 Å². The molecule has 0 amide bonds. The third kappa shape index (κ3) is 3.06. The molecule has 2 N–H and O–H groups in total. The van der Waals surface area contributed by atoms with Crippen LogP contribution in [-0.4, -0.2) is 19.7 Å². The van der Waals surface area contributed by atoms with E-state index >= 15 is 0 Å². The third-order valence-corrected chi connectivity index (χ3v) is 3.07. The number of benzene rings is 1. The van der Waals surface area contributed by atoms with Crippen molar-refractivity contribution in [3.05, 3.63) is 66.0 Å². The molecule has 5 nitrogen and oxygen atoms in total. The topological polar surface area (TPSA) is 58.5 Å². The number of imidazole rings is 1. The summed E-state index contributed by atoms with van der Waals surface area (Å²) in [4.78, 5) is 7.40. The van der Waals surface area contributed by atoms with Gasteiger partial charge in [-0.05, 0) is 30.7 Å². The zero-order valence-corrected chi connectivity index (χ0v) is 11.4. The summed E-state index contributed by atoms with van der Waals surface area (Å²) in [5, 5.41) is 7.61. The summed E-state index contributed by atoms with van der Waals surface area (Å²) in [6.45, 7) is 3.48. The van der Waals surface area contributed by atoms with Gasteiger partial charge in [0.2, 0.25) is 0 Å². The van der Waals surface area contributed by atoms with Gasteiger partial charge in [-0.15, -0.1) is 0 Å². The van der Waals surface area contributed by atoms with Gasteiger partial charge in [-0.1, -0.05) is 12.1 Å². The van der Waals surface area contributed by atoms with Crippen molar-refractivity contribution in [1.29, 1.82) is 0 Å². The van der Waals surface area contributed by atoms with Gasteiger partial charge in [0, 0.05) is 18.1 Å². The van der Waals surface area contributed by atoms with Crippen LogP contribution in [-0.2, 0) is 13.1 Å². The molecule has 1 aromatic carbocycles. The number of rotatable bonds is 5. The van der Waals surface area contributed by atoms with Gasteiger partial charge in [-0.2, -0.15) is 5.10 Å². The average Bonchev–Trinajstić information content (AvgIpc) is 3.09. The van der Waals surface area contributed by atoms with Crippen LogP contribution in [0.15, 0.2) is 48.9 Å². The van der Waals surface area contributed by atoms with Crippen molar-refractivity contribution >= 4 is 5.69 Å². The Morgan fingerprint density at radius 3 is 3.00 bits per heavy atom. The molecule has 0 aliphatic rings. The van der Waals surface area contributed by atoms with E-state index in [4.69, 9.17) is 0 Å². The van der Waals surface area contributed by atoms with E-state index in [1.165, 1.54) is 5.56 Å². The van der Waals surface area contributed by atoms with E-state index in [0.717, 1.165) is 30.3 Å². The number of nitrogens with zero attached hydrogens (tertiary/aromatic N) is 3. The fraction of sp³-hybridized carbons (Fsp3) is 0.200. The summed E-state index contributed by atoms with van der Waals surface area (Å²) >= 11 is 0. The highest BCUT2D eigenvalue weighted by atomic mass is 15.3. The summed E-state index contributed by atoms with van der Waals surface area (Å²) in [6, 6.07) is 10.3. The van der Waals surface area contributed by atoms with Crippen molar-refractivity contribution in [2.45, 2.75) is 20.0 Å². The molecule has 102 valence electrons. The van der Waals surface area contributed by atoms with Gasteiger partial charge in [0.15, 0.2) is 0 Å². The Labute approximate surface area is 117 Å². The van der Waals surface area contributed by atoms with Gasteiger partial charge < -0.3 is 10.3 Å². The first-order chi connectivity index (χ1) is 9.79. The Morgan fingerprint density at radius 1 is 1.30 bits per heavy atom. The summed E-state index contributed by atoms with van der Waals surface area (Å²) < 4.78 is 1.91. The van der Waals surface area contributed by atoms with E-state index in [-0.39, 0.29) is 0 Å². The molecule has 2 aromatic heterocycles. The zero-order valence-electron chi connectivity index (χ0n) is 11.4. The maximum atomic E-state index is 4.22. The molecule has 0 saturated carbocycles. The number of hydrogen-bond acceptors (Lipinski definition) is 3. The predicted molar refractivity (Wildman–Crippen MR) is 78.4 cm³/mol. The molecule has 0 atom stereocenters. The van der Waals surface area contributed by atoms with Crippen LogP contribution in [0.2, 0.25) is 0 Å². The Hall–Kier alpha value is -2.56. The number of anilines is 1. The van der Waals surface area contributed by atoms with Gasteiger partial charge >= 0.3 is 0 Å². The van der Waals surface area contributed by atoms with E-state index < -0.39 is 0 Å². The molecule has 0 aliphatic heterocycles. The molecule has 3 aromatic rings. The molecule has 0 bridgehead atoms. The van der Waals surface area contributed by atoms with E-state index in [9.17, 15) is 0 Å². The Kier molecular flexibility index (Phi) is 3.50. The molecule has 0 aliphatic carbocycles. The van der Waals surface area contributed by atoms with Gasteiger partial charge in [0.05, 0.1) is 25.0 Å². The van der Waals surface area contributed by atoms with E-state index in [0.29, 0.717) is 0 Å². The summed E-state index contributed by atoms with van der Waals surface area (Å²) in [6.07, 6.45) is 5.62. The quantitative estimate of drug-likeness (QED) is 0.747. The number of aromatic nitrogens is 4. The molecule has 0 fully saturated rings. The van der Waals surface area contributed by atoms with Crippen molar-refractivity contribution in [1.82, 2.24) is 19.7 Å². The monoisotopic (exact) mass is 267 g/mol. The lowest BCUT2D eigenvalue weighted by atomic mass is 10.2. The molecule has 20 heavy (non-hydrogen) atoms. The van der Waals surface area contributed by atoms with Crippen molar-refractivity contribution in [2.75, 3.05) is 5.32 Å². The third-order valence-electron chi connectivity index (χ3n) is 3.07.